The van der Waals surface area contributed by atoms with Crippen LogP contribution in [0.25, 0.3) is 0 Å². The zero-order valence-corrected chi connectivity index (χ0v) is 11.9. The van der Waals surface area contributed by atoms with Crippen LogP contribution in [0.3, 0.4) is 0 Å². The Bertz CT molecular complexity index is 529. The van der Waals surface area contributed by atoms with Crippen molar-refractivity contribution in [2.24, 2.45) is 11.8 Å². The minimum Gasteiger partial charge on any atom is -0.356 e. The number of piperidine rings is 1. The molecule has 2 fully saturated rings. The van der Waals surface area contributed by atoms with Gasteiger partial charge in [0.25, 0.3) is 0 Å². The van der Waals surface area contributed by atoms with Crippen LogP contribution in [0.2, 0.25) is 0 Å². The van der Waals surface area contributed by atoms with E-state index in [-0.39, 0.29) is 17.7 Å². The molecule has 21 heavy (non-hydrogen) atoms. The van der Waals surface area contributed by atoms with E-state index >= 15 is 0 Å². The first-order valence-electron chi connectivity index (χ1n) is 7.58. The Labute approximate surface area is 123 Å². The van der Waals surface area contributed by atoms with Crippen LogP contribution in [0.5, 0.6) is 0 Å². The molecule has 2 aliphatic rings. The third kappa shape index (κ3) is 3.40. The molecule has 2 N–H and O–H groups in total. The van der Waals surface area contributed by atoms with Gasteiger partial charge in [-0.1, -0.05) is 0 Å². The highest BCUT2D eigenvalue weighted by atomic mass is 19.1. The van der Waals surface area contributed by atoms with Gasteiger partial charge in [-0.25, -0.2) is 8.78 Å². The second-order valence-corrected chi connectivity index (χ2v) is 6.07. The minimum absolute atomic E-state index is 0.0331. The number of rotatable bonds is 4. The van der Waals surface area contributed by atoms with Crippen LogP contribution in [-0.2, 0) is 4.79 Å². The summed E-state index contributed by atoms with van der Waals surface area (Å²) in [5.74, 6) is -0.818. The van der Waals surface area contributed by atoms with Crippen molar-refractivity contribution in [1.29, 1.82) is 0 Å². The largest absolute Gasteiger partial charge is 0.356 e. The van der Waals surface area contributed by atoms with E-state index in [1.807, 2.05) is 0 Å². The van der Waals surface area contributed by atoms with E-state index in [0.717, 1.165) is 38.1 Å². The highest BCUT2D eigenvalue weighted by molar-refractivity contribution is 5.82. The number of carbonyl (C=O) groups is 1. The fourth-order valence-electron chi connectivity index (χ4n) is 3.10. The summed E-state index contributed by atoms with van der Waals surface area (Å²) in [7, 11) is 0. The predicted molar refractivity (Wildman–Crippen MR) is 75.8 cm³/mol. The molecule has 1 aliphatic carbocycles. The standard InChI is InChI=1S/C16H20F2N2O/c17-11-3-4-15(18)13(6-11)12-7-14(12)16(21)20-9-10-2-1-5-19-8-10/h3-4,6,10,12,14,19H,1-2,5,7-9H2,(H,20,21). The normalized spacial score (nSPS) is 28.2. The van der Waals surface area contributed by atoms with Gasteiger partial charge in [-0.05, 0) is 68.0 Å². The summed E-state index contributed by atoms with van der Waals surface area (Å²) in [5.41, 5.74) is 0.328. The molecule has 0 spiro atoms. The van der Waals surface area contributed by atoms with Gasteiger partial charge in [0.05, 0.1) is 0 Å². The molecule has 3 nitrogen and oxygen atoms in total. The molecule has 0 bridgehead atoms. The van der Waals surface area contributed by atoms with Gasteiger partial charge < -0.3 is 10.6 Å². The molecule has 3 rings (SSSR count). The molecular formula is C16H20F2N2O. The van der Waals surface area contributed by atoms with Gasteiger partial charge in [-0.3, -0.25) is 4.79 Å². The highest BCUT2D eigenvalue weighted by Crippen LogP contribution is 2.48. The van der Waals surface area contributed by atoms with Crippen molar-refractivity contribution in [3.8, 4) is 0 Å². The Morgan fingerprint density at radius 2 is 2.24 bits per heavy atom. The van der Waals surface area contributed by atoms with E-state index in [9.17, 15) is 13.6 Å². The molecule has 1 heterocycles. The number of hydrogen-bond acceptors (Lipinski definition) is 2. The number of halogens is 2. The number of amides is 1. The van der Waals surface area contributed by atoms with Crippen LogP contribution in [0.4, 0.5) is 8.78 Å². The summed E-state index contributed by atoms with van der Waals surface area (Å²) in [6.07, 6.45) is 2.87. The van der Waals surface area contributed by atoms with Crippen molar-refractivity contribution < 1.29 is 13.6 Å². The maximum absolute atomic E-state index is 13.7. The number of hydrogen-bond donors (Lipinski definition) is 2. The number of carbonyl (C=O) groups excluding carboxylic acids is 1. The van der Waals surface area contributed by atoms with Crippen LogP contribution >= 0.6 is 0 Å². The van der Waals surface area contributed by atoms with E-state index in [1.54, 1.807) is 0 Å². The molecule has 5 heteroatoms. The maximum atomic E-state index is 13.7. The fourth-order valence-corrected chi connectivity index (χ4v) is 3.10. The fraction of sp³-hybridized carbons (Fsp3) is 0.562. The molecule has 3 atom stereocenters. The lowest BCUT2D eigenvalue weighted by molar-refractivity contribution is -0.122. The molecule has 0 aromatic heterocycles. The topological polar surface area (TPSA) is 41.1 Å². The van der Waals surface area contributed by atoms with E-state index in [2.05, 4.69) is 10.6 Å². The molecule has 1 aromatic rings. The van der Waals surface area contributed by atoms with Crippen LogP contribution in [-0.4, -0.2) is 25.5 Å². The van der Waals surface area contributed by atoms with Crippen molar-refractivity contribution in [3.63, 3.8) is 0 Å². The first kappa shape index (κ1) is 14.4. The zero-order chi connectivity index (χ0) is 14.8. The highest BCUT2D eigenvalue weighted by Gasteiger charge is 2.45. The molecule has 1 saturated carbocycles. The Morgan fingerprint density at radius 3 is 3.00 bits per heavy atom. The monoisotopic (exact) mass is 294 g/mol. The van der Waals surface area contributed by atoms with Crippen LogP contribution in [0.1, 0.15) is 30.7 Å². The Morgan fingerprint density at radius 1 is 1.38 bits per heavy atom. The van der Waals surface area contributed by atoms with Crippen molar-refractivity contribution in [1.82, 2.24) is 10.6 Å². The summed E-state index contributed by atoms with van der Waals surface area (Å²) in [4.78, 5) is 12.1. The average Bonchev–Trinajstić information content (AvgIpc) is 3.29. The van der Waals surface area contributed by atoms with Gasteiger partial charge in [0.1, 0.15) is 11.6 Å². The van der Waals surface area contributed by atoms with Crippen molar-refractivity contribution in [2.75, 3.05) is 19.6 Å². The Kier molecular flexibility index (Phi) is 4.19. The molecule has 1 aromatic carbocycles. The molecule has 1 amide bonds. The Hall–Kier alpha value is -1.49. The quantitative estimate of drug-likeness (QED) is 0.893. The van der Waals surface area contributed by atoms with Crippen molar-refractivity contribution in [2.45, 2.75) is 25.2 Å². The third-order valence-corrected chi connectivity index (χ3v) is 4.45. The van der Waals surface area contributed by atoms with Gasteiger partial charge in [0.15, 0.2) is 0 Å². The first-order valence-corrected chi connectivity index (χ1v) is 7.58. The van der Waals surface area contributed by atoms with Gasteiger partial charge in [0, 0.05) is 12.5 Å². The lowest BCUT2D eigenvalue weighted by Gasteiger charge is -2.22. The third-order valence-electron chi connectivity index (χ3n) is 4.45. The molecule has 3 unspecified atom stereocenters. The average molecular weight is 294 g/mol. The van der Waals surface area contributed by atoms with E-state index in [1.165, 1.54) is 6.07 Å². The predicted octanol–water partition coefficient (Wildman–Crippen LogP) is 2.18. The van der Waals surface area contributed by atoms with Crippen LogP contribution in [0, 0.1) is 23.5 Å². The molecule has 114 valence electrons. The summed E-state index contributed by atoms with van der Waals surface area (Å²) in [6.45, 7) is 2.65. The van der Waals surface area contributed by atoms with Crippen molar-refractivity contribution in [3.05, 3.63) is 35.4 Å². The summed E-state index contributed by atoms with van der Waals surface area (Å²) in [5, 5.41) is 6.26. The van der Waals surface area contributed by atoms with E-state index in [4.69, 9.17) is 0 Å². The van der Waals surface area contributed by atoms with Crippen molar-refractivity contribution >= 4 is 5.91 Å². The second kappa shape index (κ2) is 6.10. The van der Waals surface area contributed by atoms with Gasteiger partial charge in [-0.15, -0.1) is 0 Å². The van der Waals surface area contributed by atoms with E-state index in [0.29, 0.717) is 24.4 Å². The second-order valence-electron chi connectivity index (χ2n) is 6.07. The van der Waals surface area contributed by atoms with Crippen LogP contribution in [0.15, 0.2) is 18.2 Å². The maximum Gasteiger partial charge on any atom is 0.223 e. The molecular weight excluding hydrogens is 274 g/mol. The van der Waals surface area contributed by atoms with E-state index < -0.39 is 11.6 Å². The smallest absolute Gasteiger partial charge is 0.223 e. The van der Waals surface area contributed by atoms with Crippen LogP contribution < -0.4 is 10.6 Å². The number of benzene rings is 1. The zero-order valence-electron chi connectivity index (χ0n) is 11.9. The van der Waals surface area contributed by atoms with Gasteiger partial charge in [0.2, 0.25) is 5.91 Å². The molecule has 1 saturated heterocycles. The summed E-state index contributed by atoms with van der Waals surface area (Å²) in [6, 6.07) is 3.44. The number of nitrogens with one attached hydrogen (secondary N) is 2. The SMILES string of the molecule is O=C(NCC1CCCNC1)C1CC1c1cc(F)ccc1F. The van der Waals surface area contributed by atoms with Gasteiger partial charge in [-0.2, -0.15) is 0 Å². The van der Waals surface area contributed by atoms with Gasteiger partial charge >= 0.3 is 0 Å². The summed E-state index contributed by atoms with van der Waals surface area (Å²) >= 11 is 0. The molecule has 0 radical (unpaired) electrons. The summed E-state index contributed by atoms with van der Waals surface area (Å²) < 4.78 is 26.8. The molecule has 1 aliphatic heterocycles. The first-order chi connectivity index (χ1) is 10.1. The lowest BCUT2D eigenvalue weighted by Crippen LogP contribution is -2.38. The Balaban J connectivity index is 1.52. The lowest BCUT2D eigenvalue weighted by atomic mass is 9.99. The minimum atomic E-state index is -0.453.